The number of ether oxygens (including phenoxy) is 4. The second kappa shape index (κ2) is 15.7. The van der Waals surface area contributed by atoms with E-state index in [-0.39, 0.29) is 31.2 Å². The summed E-state index contributed by atoms with van der Waals surface area (Å²) < 4.78 is 22.3. The number of nitrogens with one attached hydrogen (secondary N) is 2. The fourth-order valence-electron chi connectivity index (χ4n) is 5.72. The molecule has 0 radical (unpaired) electrons. The average molecular weight is 586 g/mol. The van der Waals surface area contributed by atoms with Gasteiger partial charge in [0.25, 0.3) is 5.91 Å². The first-order chi connectivity index (χ1) is 20.2. The summed E-state index contributed by atoms with van der Waals surface area (Å²) in [6.45, 7) is 13.9. The molecule has 2 N–H and O–H groups in total. The third kappa shape index (κ3) is 7.72. The molecule has 2 aliphatic heterocycles. The highest BCUT2D eigenvalue weighted by Crippen LogP contribution is 2.43. The Balaban J connectivity index is 2.16. The largest absolute Gasteiger partial charge is 0.493 e. The van der Waals surface area contributed by atoms with Gasteiger partial charge in [-0.3, -0.25) is 4.79 Å². The van der Waals surface area contributed by atoms with Crippen LogP contribution in [0.1, 0.15) is 82.6 Å². The third-order valence-electron chi connectivity index (χ3n) is 7.53. The number of piperidine rings is 1. The van der Waals surface area contributed by atoms with Gasteiger partial charge in [0, 0.05) is 61.3 Å². The molecule has 42 heavy (non-hydrogen) atoms. The van der Waals surface area contributed by atoms with Crippen LogP contribution >= 0.6 is 0 Å². The molecular weight excluding hydrogens is 538 g/mol. The van der Waals surface area contributed by atoms with Gasteiger partial charge in [-0.2, -0.15) is 0 Å². The molecule has 2 heterocycles. The van der Waals surface area contributed by atoms with Crippen LogP contribution in [0.2, 0.25) is 0 Å². The summed E-state index contributed by atoms with van der Waals surface area (Å²) in [4.78, 5) is 42.6. The lowest BCUT2D eigenvalue weighted by Gasteiger charge is -2.38. The fraction of sp³-hybridized carbons (Fsp3) is 0.594. The molecule has 0 bridgehead atoms. The van der Waals surface area contributed by atoms with Crippen molar-refractivity contribution >= 4 is 17.8 Å². The van der Waals surface area contributed by atoms with Crippen LogP contribution in [0, 0.1) is 0 Å². The topological polar surface area (TPSA) is 115 Å². The van der Waals surface area contributed by atoms with E-state index in [1.807, 2.05) is 18.7 Å². The summed E-state index contributed by atoms with van der Waals surface area (Å²) in [5.41, 5.74) is 2.79. The zero-order chi connectivity index (χ0) is 30.8. The number of hydrogen-bond acceptors (Lipinski definition) is 9. The molecule has 1 aromatic rings. The van der Waals surface area contributed by atoms with Crippen LogP contribution in [-0.2, 0) is 23.8 Å². The summed E-state index contributed by atoms with van der Waals surface area (Å²) in [7, 11) is 1.62. The number of benzene rings is 1. The van der Waals surface area contributed by atoms with E-state index in [0.29, 0.717) is 59.1 Å². The zero-order valence-corrected chi connectivity index (χ0v) is 26.1. The summed E-state index contributed by atoms with van der Waals surface area (Å²) in [6, 6.07) is 5.35. The molecule has 0 aliphatic carbocycles. The van der Waals surface area contributed by atoms with E-state index >= 15 is 0 Å². The molecule has 232 valence electrons. The molecule has 1 amide bonds. The Morgan fingerprint density at radius 1 is 1.00 bits per heavy atom. The second-order valence-electron chi connectivity index (χ2n) is 10.8. The number of nitrogens with zero attached hydrogens (tertiary/aromatic N) is 1. The predicted molar refractivity (Wildman–Crippen MR) is 160 cm³/mol. The number of carbonyl (C=O) groups is 3. The lowest BCUT2D eigenvalue weighted by Crippen LogP contribution is -2.51. The second-order valence-corrected chi connectivity index (χ2v) is 10.8. The highest BCUT2D eigenvalue weighted by atomic mass is 16.5. The first-order valence-electron chi connectivity index (χ1n) is 15.0. The molecule has 1 aromatic carbocycles. The maximum absolute atomic E-state index is 14.0. The van der Waals surface area contributed by atoms with E-state index in [1.165, 1.54) is 0 Å². The Morgan fingerprint density at radius 3 is 2.17 bits per heavy atom. The summed E-state index contributed by atoms with van der Waals surface area (Å²) in [5.74, 6) is -1.58. The van der Waals surface area contributed by atoms with Crippen LogP contribution in [-0.4, -0.2) is 81.5 Å². The van der Waals surface area contributed by atoms with E-state index in [4.69, 9.17) is 18.9 Å². The van der Waals surface area contributed by atoms with Gasteiger partial charge in [0.05, 0.1) is 36.9 Å². The van der Waals surface area contributed by atoms with Gasteiger partial charge >= 0.3 is 11.9 Å². The predicted octanol–water partition coefficient (Wildman–Crippen LogP) is 4.07. The highest BCUT2D eigenvalue weighted by Gasteiger charge is 2.40. The number of carbonyl (C=O) groups excluding carboxylic acids is 3. The van der Waals surface area contributed by atoms with Crippen molar-refractivity contribution in [3.8, 4) is 5.75 Å². The first-order valence-corrected chi connectivity index (χ1v) is 15.0. The lowest BCUT2D eigenvalue weighted by molar-refractivity contribution is -0.139. The Labute approximate surface area is 249 Å². The molecular formula is C32H47N3O7. The van der Waals surface area contributed by atoms with Crippen molar-refractivity contribution in [1.29, 1.82) is 0 Å². The van der Waals surface area contributed by atoms with Gasteiger partial charge in [-0.1, -0.05) is 6.07 Å². The van der Waals surface area contributed by atoms with E-state index in [0.717, 1.165) is 25.9 Å². The number of methoxy groups -OCH3 is 1. The Bertz CT molecular complexity index is 1140. The smallest absolute Gasteiger partial charge is 0.336 e. The molecule has 1 atom stereocenters. The summed E-state index contributed by atoms with van der Waals surface area (Å²) in [5, 5.41) is 6.57. The molecule has 2 aliphatic rings. The molecule has 0 saturated carbocycles. The van der Waals surface area contributed by atoms with Gasteiger partial charge in [-0.05, 0) is 73.1 Å². The molecule has 10 heteroatoms. The molecule has 1 fully saturated rings. The first kappa shape index (κ1) is 33.1. The quantitative estimate of drug-likeness (QED) is 0.261. The van der Waals surface area contributed by atoms with Crippen LogP contribution < -0.4 is 15.4 Å². The SMILES string of the molecule is CCOC(=O)C1=C(C)NC(C)=C(C(=O)OCC)C1c1ccc(C(=O)N(C(C)C)[C@@H]2CCCNC2)cc1OCCCOC. The minimum atomic E-state index is -0.824. The Hall–Kier alpha value is -3.37. The van der Waals surface area contributed by atoms with Gasteiger partial charge < -0.3 is 34.5 Å². The van der Waals surface area contributed by atoms with Crippen molar-refractivity contribution in [2.75, 3.05) is 46.6 Å². The number of esters is 2. The van der Waals surface area contributed by atoms with Gasteiger partial charge in [-0.25, -0.2) is 9.59 Å². The van der Waals surface area contributed by atoms with Crippen LogP contribution in [0.25, 0.3) is 0 Å². The van der Waals surface area contributed by atoms with Crippen molar-refractivity contribution in [2.45, 2.75) is 78.8 Å². The van der Waals surface area contributed by atoms with Crippen LogP contribution in [0.5, 0.6) is 5.75 Å². The van der Waals surface area contributed by atoms with Crippen molar-refractivity contribution < 1.29 is 33.3 Å². The summed E-state index contributed by atoms with van der Waals surface area (Å²) >= 11 is 0. The Morgan fingerprint density at radius 2 is 1.64 bits per heavy atom. The van der Waals surface area contributed by atoms with Gasteiger partial charge in [0.1, 0.15) is 5.75 Å². The minimum Gasteiger partial charge on any atom is -0.493 e. The van der Waals surface area contributed by atoms with Crippen LogP contribution in [0.4, 0.5) is 0 Å². The average Bonchev–Trinajstić information content (AvgIpc) is 2.95. The van der Waals surface area contributed by atoms with Crippen molar-refractivity contribution in [1.82, 2.24) is 15.5 Å². The van der Waals surface area contributed by atoms with Crippen LogP contribution in [0.3, 0.4) is 0 Å². The lowest BCUT2D eigenvalue weighted by atomic mass is 9.79. The van der Waals surface area contributed by atoms with Gasteiger partial charge in [0.15, 0.2) is 0 Å². The Kier molecular flexibility index (Phi) is 12.4. The molecule has 0 unspecified atom stereocenters. The van der Waals surface area contributed by atoms with E-state index < -0.39 is 17.9 Å². The van der Waals surface area contributed by atoms with Crippen molar-refractivity contribution in [3.05, 3.63) is 51.9 Å². The molecule has 0 aromatic heterocycles. The molecule has 10 nitrogen and oxygen atoms in total. The van der Waals surface area contributed by atoms with Gasteiger partial charge in [0.2, 0.25) is 0 Å². The third-order valence-corrected chi connectivity index (χ3v) is 7.53. The fourth-order valence-corrected chi connectivity index (χ4v) is 5.72. The standard InChI is InChI=1S/C32H47N3O7/c1-8-40-31(37)27-21(5)34-22(6)28(32(38)41-9-2)29(27)25-14-13-23(18-26(25)42-17-11-16-39-7)30(36)35(20(3)4)24-12-10-15-33-19-24/h13-14,18,20,24,29,33-34H,8-12,15-17,19H2,1-7H3/t24-/m1/s1. The highest BCUT2D eigenvalue weighted by molar-refractivity contribution is 6.00. The van der Waals surface area contributed by atoms with Crippen LogP contribution in [0.15, 0.2) is 40.7 Å². The number of rotatable bonds is 13. The monoisotopic (exact) mass is 585 g/mol. The summed E-state index contributed by atoms with van der Waals surface area (Å²) in [6.07, 6.45) is 2.56. The number of amides is 1. The van der Waals surface area contributed by atoms with E-state index in [2.05, 4.69) is 10.6 Å². The molecule has 3 rings (SSSR count). The normalized spacial score (nSPS) is 17.7. The maximum atomic E-state index is 14.0. The van der Waals surface area contributed by atoms with Crippen molar-refractivity contribution in [2.24, 2.45) is 0 Å². The molecule has 0 spiro atoms. The van der Waals surface area contributed by atoms with Crippen molar-refractivity contribution in [3.63, 3.8) is 0 Å². The maximum Gasteiger partial charge on any atom is 0.336 e. The van der Waals surface area contributed by atoms with E-state index in [9.17, 15) is 14.4 Å². The number of allylic oxidation sites excluding steroid dienone is 2. The zero-order valence-electron chi connectivity index (χ0n) is 26.1. The van der Waals surface area contributed by atoms with Gasteiger partial charge in [-0.15, -0.1) is 0 Å². The minimum absolute atomic E-state index is 0.000402. The van der Waals surface area contributed by atoms with E-state index in [1.54, 1.807) is 53.0 Å². The molecule has 1 saturated heterocycles. The number of dihydropyridines is 1. The number of hydrogen-bond donors (Lipinski definition) is 2.